The lowest BCUT2D eigenvalue weighted by atomic mass is 10.1. The van der Waals surface area contributed by atoms with E-state index < -0.39 is 6.04 Å². The van der Waals surface area contributed by atoms with Gasteiger partial charge in [0.05, 0.1) is 0 Å². The molecule has 2 amide bonds. The summed E-state index contributed by atoms with van der Waals surface area (Å²) in [4.78, 5) is 28.0. The molecule has 1 fully saturated rings. The van der Waals surface area contributed by atoms with Crippen LogP contribution >= 0.6 is 0 Å². The summed E-state index contributed by atoms with van der Waals surface area (Å²) < 4.78 is 0. The zero-order chi connectivity index (χ0) is 12.5. The summed E-state index contributed by atoms with van der Waals surface area (Å²) in [5, 5.41) is 5.86. The van der Waals surface area contributed by atoms with E-state index in [4.69, 9.17) is 4.84 Å². The van der Waals surface area contributed by atoms with E-state index in [-0.39, 0.29) is 18.4 Å². The van der Waals surface area contributed by atoms with Gasteiger partial charge in [-0.1, -0.05) is 6.07 Å². The second kappa shape index (κ2) is 4.40. The Hall–Kier alpha value is -1.92. The lowest BCUT2D eigenvalue weighted by Crippen LogP contribution is -2.41. The lowest BCUT2D eigenvalue weighted by molar-refractivity contribution is -0.125. The number of amides is 2. The molecule has 3 rings (SSSR count). The highest BCUT2D eigenvalue weighted by molar-refractivity contribution is 5.98. The molecule has 94 valence electrons. The van der Waals surface area contributed by atoms with E-state index >= 15 is 0 Å². The first-order chi connectivity index (χ1) is 8.74. The van der Waals surface area contributed by atoms with Crippen molar-refractivity contribution in [3.05, 3.63) is 34.9 Å². The maximum Gasteiger partial charge on any atom is 0.268 e. The van der Waals surface area contributed by atoms with Crippen LogP contribution in [0.3, 0.4) is 0 Å². The van der Waals surface area contributed by atoms with Crippen molar-refractivity contribution in [2.75, 3.05) is 6.61 Å². The van der Waals surface area contributed by atoms with Gasteiger partial charge < -0.3 is 10.6 Å². The highest BCUT2D eigenvalue weighted by Gasteiger charge is 2.27. The molecule has 2 heterocycles. The fraction of sp³-hybridized carbons (Fsp3) is 0.333. The van der Waals surface area contributed by atoms with Crippen LogP contribution in [0.5, 0.6) is 0 Å². The first-order valence-corrected chi connectivity index (χ1v) is 5.79. The van der Waals surface area contributed by atoms with Crippen molar-refractivity contribution in [2.24, 2.45) is 0 Å². The normalized spacial score (nSPS) is 21.6. The first-order valence-electron chi connectivity index (χ1n) is 5.79. The molecular weight excluding hydrogens is 234 g/mol. The van der Waals surface area contributed by atoms with Crippen LogP contribution in [0.2, 0.25) is 0 Å². The molecule has 0 radical (unpaired) electrons. The summed E-state index contributed by atoms with van der Waals surface area (Å²) in [6, 6.07) is 4.96. The minimum Gasteiger partial charge on any atom is -0.338 e. The van der Waals surface area contributed by atoms with Gasteiger partial charge in [-0.3, -0.25) is 14.4 Å². The third-order valence-corrected chi connectivity index (χ3v) is 3.14. The molecule has 1 aromatic carbocycles. The topological polar surface area (TPSA) is 79.5 Å². The van der Waals surface area contributed by atoms with Gasteiger partial charge in [0.15, 0.2) is 0 Å². The summed E-state index contributed by atoms with van der Waals surface area (Å²) >= 11 is 0. The van der Waals surface area contributed by atoms with Gasteiger partial charge in [-0.25, -0.2) is 5.48 Å². The highest BCUT2D eigenvalue weighted by Crippen LogP contribution is 2.17. The third kappa shape index (κ3) is 1.96. The second-order valence-electron chi connectivity index (χ2n) is 4.39. The molecule has 1 atom stereocenters. The van der Waals surface area contributed by atoms with E-state index in [0.29, 0.717) is 5.56 Å². The van der Waals surface area contributed by atoms with Crippen molar-refractivity contribution in [3.63, 3.8) is 0 Å². The van der Waals surface area contributed by atoms with Crippen LogP contribution in [0.15, 0.2) is 18.2 Å². The van der Waals surface area contributed by atoms with E-state index in [1.807, 2.05) is 12.1 Å². The molecule has 0 saturated carbocycles. The minimum atomic E-state index is -0.608. The Morgan fingerprint density at radius 3 is 2.94 bits per heavy atom. The number of hydrogen-bond donors (Lipinski definition) is 3. The van der Waals surface area contributed by atoms with Gasteiger partial charge in [-0.05, 0) is 23.3 Å². The summed E-state index contributed by atoms with van der Waals surface area (Å²) in [5.41, 5.74) is 5.12. The summed E-state index contributed by atoms with van der Waals surface area (Å²) in [7, 11) is 0. The number of benzene rings is 1. The Labute approximate surface area is 104 Å². The molecule has 6 nitrogen and oxygen atoms in total. The van der Waals surface area contributed by atoms with Crippen LogP contribution < -0.4 is 16.1 Å². The number of rotatable bonds is 2. The molecule has 0 spiro atoms. The molecule has 1 aromatic rings. The molecule has 6 heteroatoms. The standard InChI is InChI=1S/C12H13N3O3/c16-11(14-10-6-18-15-12(10)17)7-1-2-8-4-13-5-9(8)3-7/h1-3,10,13H,4-6H2,(H,14,16)(H,15,17)/t10-/m1/s1. The van der Waals surface area contributed by atoms with E-state index in [0.717, 1.165) is 18.7 Å². The SMILES string of the molecule is O=C(N[C@@H]1CONC1=O)c1ccc2c(c1)CNC2. The van der Waals surface area contributed by atoms with E-state index in [9.17, 15) is 9.59 Å². The summed E-state index contributed by atoms with van der Waals surface area (Å²) in [6.07, 6.45) is 0. The smallest absolute Gasteiger partial charge is 0.268 e. The predicted molar refractivity (Wildman–Crippen MR) is 62.3 cm³/mol. The maximum atomic E-state index is 12.0. The van der Waals surface area contributed by atoms with Crippen molar-refractivity contribution in [3.8, 4) is 0 Å². The summed E-state index contributed by atoms with van der Waals surface area (Å²) in [5.74, 6) is -0.568. The molecule has 18 heavy (non-hydrogen) atoms. The highest BCUT2D eigenvalue weighted by atomic mass is 16.7. The molecule has 0 aromatic heterocycles. The molecule has 3 N–H and O–H groups in total. The average molecular weight is 247 g/mol. The molecular formula is C12H13N3O3. The van der Waals surface area contributed by atoms with Gasteiger partial charge in [0.1, 0.15) is 12.6 Å². The lowest BCUT2D eigenvalue weighted by Gasteiger charge is -2.09. The number of hydrogen-bond acceptors (Lipinski definition) is 4. The van der Waals surface area contributed by atoms with E-state index in [2.05, 4.69) is 16.1 Å². The molecule has 2 aliphatic heterocycles. The zero-order valence-electron chi connectivity index (χ0n) is 9.66. The quantitative estimate of drug-likeness (QED) is 0.655. The van der Waals surface area contributed by atoms with Gasteiger partial charge in [-0.2, -0.15) is 0 Å². The fourth-order valence-electron chi connectivity index (χ4n) is 2.13. The van der Waals surface area contributed by atoms with Crippen LogP contribution in [0, 0.1) is 0 Å². The van der Waals surface area contributed by atoms with Crippen LogP contribution in [-0.2, 0) is 22.7 Å². The average Bonchev–Trinajstić information content (AvgIpc) is 2.98. The number of hydroxylamine groups is 1. The number of carbonyl (C=O) groups excluding carboxylic acids is 2. The third-order valence-electron chi connectivity index (χ3n) is 3.14. The molecule has 0 aliphatic carbocycles. The van der Waals surface area contributed by atoms with Crippen LogP contribution in [0.25, 0.3) is 0 Å². The van der Waals surface area contributed by atoms with Crippen molar-refractivity contribution in [1.82, 2.24) is 16.1 Å². The maximum absolute atomic E-state index is 12.0. The first kappa shape index (κ1) is 11.2. The molecule has 2 aliphatic rings. The van der Waals surface area contributed by atoms with Crippen LogP contribution in [0.4, 0.5) is 0 Å². The predicted octanol–water partition coefficient (Wildman–Crippen LogP) is -0.550. The Balaban J connectivity index is 1.74. The minimum absolute atomic E-state index is 0.164. The van der Waals surface area contributed by atoms with Crippen molar-refractivity contribution < 1.29 is 14.4 Å². The Kier molecular flexibility index (Phi) is 2.73. The Morgan fingerprint density at radius 2 is 2.17 bits per heavy atom. The monoisotopic (exact) mass is 247 g/mol. The molecule has 0 unspecified atom stereocenters. The Bertz CT molecular complexity index is 515. The summed E-state index contributed by atoms with van der Waals surface area (Å²) in [6.45, 7) is 1.79. The second-order valence-corrected chi connectivity index (χ2v) is 4.39. The van der Waals surface area contributed by atoms with Gasteiger partial charge in [0, 0.05) is 18.7 Å². The fourth-order valence-corrected chi connectivity index (χ4v) is 2.13. The number of nitrogens with one attached hydrogen (secondary N) is 3. The van der Waals surface area contributed by atoms with E-state index in [1.54, 1.807) is 6.07 Å². The van der Waals surface area contributed by atoms with Crippen molar-refractivity contribution in [2.45, 2.75) is 19.1 Å². The van der Waals surface area contributed by atoms with E-state index in [1.165, 1.54) is 5.56 Å². The number of fused-ring (bicyclic) bond motifs is 1. The number of carbonyl (C=O) groups is 2. The van der Waals surface area contributed by atoms with Gasteiger partial charge in [0.25, 0.3) is 11.8 Å². The van der Waals surface area contributed by atoms with Crippen LogP contribution in [0.1, 0.15) is 21.5 Å². The van der Waals surface area contributed by atoms with Crippen molar-refractivity contribution in [1.29, 1.82) is 0 Å². The van der Waals surface area contributed by atoms with Gasteiger partial charge in [0.2, 0.25) is 0 Å². The Morgan fingerprint density at radius 1 is 1.33 bits per heavy atom. The molecule has 0 bridgehead atoms. The van der Waals surface area contributed by atoms with Gasteiger partial charge in [-0.15, -0.1) is 0 Å². The molecule has 1 saturated heterocycles. The van der Waals surface area contributed by atoms with Crippen LogP contribution in [-0.4, -0.2) is 24.5 Å². The van der Waals surface area contributed by atoms with Crippen molar-refractivity contribution >= 4 is 11.8 Å². The van der Waals surface area contributed by atoms with Gasteiger partial charge >= 0.3 is 0 Å². The largest absolute Gasteiger partial charge is 0.338 e. The zero-order valence-corrected chi connectivity index (χ0v) is 9.66.